The first-order valence-corrected chi connectivity index (χ1v) is 14.9. The number of carbonyl (C=O) groups is 2. The number of hydrogen-bond donors (Lipinski definition) is 1. The molecule has 40 heavy (non-hydrogen) atoms. The van der Waals surface area contributed by atoms with Gasteiger partial charge in [0.25, 0.3) is 10.0 Å². The Balaban J connectivity index is 2.06. The number of anilines is 1. The summed E-state index contributed by atoms with van der Waals surface area (Å²) in [6, 6.07) is 15.7. The largest absolute Gasteiger partial charge is 0.352 e. The quantitative estimate of drug-likeness (QED) is 0.315. The van der Waals surface area contributed by atoms with Gasteiger partial charge in [-0.3, -0.25) is 13.9 Å². The molecule has 214 valence electrons. The topological polar surface area (TPSA) is 86.8 Å². The van der Waals surface area contributed by atoms with E-state index >= 15 is 0 Å². The predicted octanol–water partition coefficient (Wildman–Crippen LogP) is 5.62. The first-order chi connectivity index (χ1) is 18.8. The van der Waals surface area contributed by atoms with Crippen molar-refractivity contribution >= 4 is 39.1 Å². The smallest absolute Gasteiger partial charge is 0.264 e. The molecule has 0 unspecified atom stereocenters. The molecule has 0 aliphatic rings. The van der Waals surface area contributed by atoms with Gasteiger partial charge in [-0.25, -0.2) is 12.8 Å². The van der Waals surface area contributed by atoms with Crippen LogP contribution in [-0.2, 0) is 26.2 Å². The van der Waals surface area contributed by atoms with E-state index in [4.69, 9.17) is 11.6 Å². The highest BCUT2D eigenvalue weighted by molar-refractivity contribution is 7.92. The van der Waals surface area contributed by atoms with E-state index in [0.717, 1.165) is 9.87 Å². The van der Waals surface area contributed by atoms with Gasteiger partial charge in [-0.1, -0.05) is 54.4 Å². The number of hydrogen-bond acceptors (Lipinski definition) is 4. The Kier molecular flexibility index (Phi) is 10.3. The van der Waals surface area contributed by atoms with E-state index in [9.17, 15) is 22.4 Å². The van der Waals surface area contributed by atoms with Crippen LogP contribution in [0.4, 0.5) is 10.1 Å². The predicted molar refractivity (Wildman–Crippen MR) is 156 cm³/mol. The molecule has 3 aromatic carbocycles. The maximum absolute atomic E-state index is 14.0. The molecule has 0 radical (unpaired) electrons. The van der Waals surface area contributed by atoms with Gasteiger partial charge in [0.05, 0.1) is 10.6 Å². The maximum Gasteiger partial charge on any atom is 0.264 e. The summed E-state index contributed by atoms with van der Waals surface area (Å²) in [6.45, 7) is 8.28. The van der Waals surface area contributed by atoms with Crippen molar-refractivity contribution in [2.45, 2.75) is 64.6 Å². The molecular formula is C30H35ClFN3O4S. The zero-order valence-electron chi connectivity index (χ0n) is 23.3. The number of nitrogens with zero attached hydrogens (tertiary/aromatic N) is 2. The first kappa shape index (κ1) is 31.1. The Morgan fingerprint density at radius 2 is 1.60 bits per heavy atom. The van der Waals surface area contributed by atoms with E-state index in [0.29, 0.717) is 22.6 Å². The van der Waals surface area contributed by atoms with Gasteiger partial charge in [0.15, 0.2) is 0 Å². The van der Waals surface area contributed by atoms with E-state index in [1.165, 1.54) is 41.3 Å². The van der Waals surface area contributed by atoms with Crippen LogP contribution in [0.1, 0.15) is 43.9 Å². The molecule has 0 saturated carbocycles. The highest BCUT2D eigenvalue weighted by Crippen LogP contribution is 2.31. The summed E-state index contributed by atoms with van der Waals surface area (Å²) in [4.78, 5) is 28.4. The fourth-order valence-corrected chi connectivity index (χ4v) is 5.69. The van der Waals surface area contributed by atoms with Gasteiger partial charge in [0, 0.05) is 17.6 Å². The molecule has 0 bridgehead atoms. The van der Waals surface area contributed by atoms with Crippen molar-refractivity contribution in [3.05, 3.63) is 94.3 Å². The lowest BCUT2D eigenvalue weighted by Gasteiger charge is -2.33. The average Bonchev–Trinajstić information content (AvgIpc) is 2.92. The number of benzene rings is 3. The molecule has 0 saturated heterocycles. The van der Waals surface area contributed by atoms with Crippen LogP contribution in [0.5, 0.6) is 0 Å². The molecule has 0 aliphatic carbocycles. The molecule has 0 fully saturated rings. The number of rotatable bonds is 11. The lowest BCUT2D eigenvalue weighted by Crippen LogP contribution is -2.52. The molecule has 0 heterocycles. The van der Waals surface area contributed by atoms with Gasteiger partial charge in [-0.15, -0.1) is 0 Å². The molecule has 7 nitrogen and oxygen atoms in total. The molecule has 2 atom stereocenters. The number of nitrogens with one attached hydrogen (secondary N) is 1. The van der Waals surface area contributed by atoms with Crippen molar-refractivity contribution in [1.29, 1.82) is 0 Å². The van der Waals surface area contributed by atoms with Crippen LogP contribution in [-0.4, -0.2) is 43.8 Å². The molecule has 0 aliphatic heterocycles. The van der Waals surface area contributed by atoms with Crippen molar-refractivity contribution < 1.29 is 22.4 Å². The van der Waals surface area contributed by atoms with Crippen LogP contribution < -0.4 is 9.62 Å². The fraction of sp³-hybridized carbons (Fsp3) is 0.333. The van der Waals surface area contributed by atoms with Crippen LogP contribution in [0.25, 0.3) is 0 Å². The number of amides is 2. The zero-order valence-corrected chi connectivity index (χ0v) is 24.9. The van der Waals surface area contributed by atoms with Gasteiger partial charge in [-0.05, 0) is 81.6 Å². The molecule has 0 spiro atoms. The van der Waals surface area contributed by atoms with Crippen molar-refractivity contribution in [2.75, 3.05) is 10.8 Å². The highest BCUT2D eigenvalue weighted by Gasteiger charge is 2.33. The van der Waals surface area contributed by atoms with Crippen molar-refractivity contribution in [2.24, 2.45) is 0 Å². The van der Waals surface area contributed by atoms with Crippen LogP contribution in [0.2, 0.25) is 5.02 Å². The molecule has 0 aromatic heterocycles. The third kappa shape index (κ3) is 7.40. The number of sulfonamides is 1. The van der Waals surface area contributed by atoms with Gasteiger partial charge < -0.3 is 10.2 Å². The van der Waals surface area contributed by atoms with Crippen molar-refractivity contribution in [3.8, 4) is 0 Å². The van der Waals surface area contributed by atoms with E-state index in [1.54, 1.807) is 44.2 Å². The summed E-state index contributed by atoms with van der Waals surface area (Å²) >= 11 is 6.35. The summed E-state index contributed by atoms with van der Waals surface area (Å²) in [7, 11) is -4.21. The normalized spacial score (nSPS) is 12.9. The summed E-state index contributed by atoms with van der Waals surface area (Å²) < 4.78 is 42.5. The summed E-state index contributed by atoms with van der Waals surface area (Å²) in [5.41, 5.74) is 2.21. The Hall–Kier alpha value is -3.43. The fourth-order valence-electron chi connectivity index (χ4n) is 4.05. The molecule has 10 heteroatoms. The highest BCUT2D eigenvalue weighted by atomic mass is 35.5. The number of aryl methyl sites for hydroxylation is 1. The van der Waals surface area contributed by atoms with E-state index in [1.807, 2.05) is 20.8 Å². The van der Waals surface area contributed by atoms with Gasteiger partial charge >= 0.3 is 0 Å². The second kappa shape index (κ2) is 13.3. The van der Waals surface area contributed by atoms with E-state index < -0.39 is 34.3 Å². The zero-order chi connectivity index (χ0) is 29.6. The second-order valence-electron chi connectivity index (χ2n) is 9.85. The Labute approximate surface area is 241 Å². The van der Waals surface area contributed by atoms with E-state index in [-0.39, 0.29) is 29.1 Å². The van der Waals surface area contributed by atoms with Gasteiger partial charge in [-0.2, -0.15) is 0 Å². The van der Waals surface area contributed by atoms with Crippen LogP contribution >= 0.6 is 11.6 Å². The third-order valence-electron chi connectivity index (χ3n) is 6.83. The number of halogens is 2. The Bertz CT molecular complexity index is 1450. The van der Waals surface area contributed by atoms with Crippen LogP contribution in [0, 0.1) is 19.7 Å². The minimum Gasteiger partial charge on any atom is -0.352 e. The standard InChI is InChI=1S/C30H35ClFN3O4S/c1-6-21(3)33-30(37)23(5)34(18-24-12-14-25(32)15-13-24)29(36)19-35(28-9-7-8-27(31)22(28)4)40(38,39)26-16-10-20(2)11-17-26/h7-17,21,23H,6,18-19H2,1-5H3,(H,33,37)/t21-,23-/m0/s1. The molecular weight excluding hydrogens is 553 g/mol. The molecule has 2 amide bonds. The SMILES string of the molecule is CC[C@H](C)NC(=O)[C@H](C)N(Cc1ccc(F)cc1)C(=O)CN(c1cccc(Cl)c1C)S(=O)(=O)c1ccc(C)cc1. The third-order valence-corrected chi connectivity index (χ3v) is 9.01. The second-order valence-corrected chi connectivity index (χ2v) is 12.1. The van der Waals surface area contributed by atoms with Crippen LogP contribution in [0.3, 0.4) is 0 Å². The summed E-state index contributed by atoms with van der Waals surface area (Å²) in [5.74, 6) is -1.42. The van der Waals surface area contributed by atoms with E-state index in [2.05, 4.69) is 5.32 Å². The summed E-state index contributed by atoms with van der Waals surface area (Å²) in [5, 5.41) is 3.23. The Morgan fingerprint density at radius 3 is 2.20 bits per heavy atom. The maximum atomic E-state index is 14.0. The number of carbonyl (C=O) groups excluding carboxylic acids is 2. The molecule has 1 N–H and O–H groups in total. The molecule has 3 rings (SSSR count). The van der Waals surface area contributed by atoms with Crippen molar-refractivity contribution in [3.63, 3.8) is 0 Å². The van der Waals surface area contributed by atoms with Crippen LogP contribution in [0.15, 0.2) is 71.6 Å². The lowest BCUT2D eigenvalue weighted by molar-refractivity contribution is -0.139. The minimum absolute atomic E-state index is 0.0120. The summed E-state index contributed by atoms with van der Waals surface area (Å²) in [6.07, 6.45) is 0.695. The first-order valence-electron chi connectivity index (χ1n) is 13.0. The average molecular weight is 588 g/mol. The molecule has 3 aromatic rings. The van der Waals surface area contributed by atoms with Gasteiger partial charge in [0.1, 0.15) is 18.4 Å². The van der Waals surface area contributed by atoms with Crippen molar-refractivity contribution in [1.82, 2.24) is 10.2 Å². The lowest BCUT2D eigenvalue weighted by atomic mass is 10.1. The monoisotopic (exact) mass is 587 g/mol. The Morgan fingerprint density at radius 1 is 0.975 bits per heavy atom. The minimum atomic E-state index is -4.21. The van der Waals surface area contributed by atoms with Gasteiger partial charge in [0.2, 0.25) is 11.8 Å².